The average Bonchev–Trinajstić information content (AvgIpc) is 2.79. The van der Waals surface area contributed by atoms with Crippen LogP contribution in [0, 0.1) is 6.92 Å². The fourth-order valence-electron chi connectivity index (χ4n) is 3.23. The van der Waals surface area contributed by atoms with Gasteiger partial charge in [0, 0.05) is 18.1 Å². The van der Waals surface area contributed by atoms with Crippen LogP contribution in [0.3, 0.4) is 0 Å². The third-order valence-corrected chi connectivity index (χ3v) is 7.36. The number of anilines is 1. The van der Waals surface area contributed by atoms with Crippen molar-refractivity contribution in [1.82, 2.24) is 4.31 Å². The van der Waals surface area contributed by atoms with Gasteiger partial charge >= 0.3 is 5.97 Å². The molecular weight excluding hydrogens is 472 g/mol. The first kappa shape index (κ1) is 25.0. The van der Waals surface area contributed by atoms with Crippen molar-refractivity contribution in [1.29, 1.82) is 0 Å². The van der Waals surface area contributed by atoms with Gasteiger partial charge in [0.05, 0.1) is 36.5 Å². The molecule has 33 heavy (non-hydrogen) atoms. The summed E-state index contributed by atoms with van der Waals surface area (Å²) in [5, 5.41) is 3.00. The number of ether oxygens (including phenoxy) is 3. The normalized spacial score (nSPS) is 15.5. The van der Waals surface area contributed by atoms with Gasteiger partial charge in [0.1, 0.15) is 5.75 Å². The molecule has 0 aromatic heterocycles. The highest BCUT2D eigenvalue weighted by Crippen LogP contribution is 2.28. The first-order chi connectivity index (χ1) is 15.6. The fraction of sp³-hybridized carbons (Fsp3) is 0.364. The van der Waals surface area contributed by atoms with Crippen molar-refractivity contribution in [3.8, 4) is 5.75 Å². The van der Waals surface area contributed by atoms with Crippen LogP contribution < -0.4 is 10.1 Å². The van der Waals surface area contributed by atoms with E-state index in [0.29, 0.717) is 35.2 Å². The lowest BCUT2D eigenvalue weighted by molar-refractivity contribution is -0.123. The van der Waals surface area contributed by atoms with E-state index in [9.17, 15) is 18.0 Å². The van der Waals surface area contributed by atoms with E-state index in [0.717, 1.165) is 0 Å². The molecule has 1 unspecified atom stereocenters. The minimum absolute atomic E-state index is 0.0135. The molecule has 1 saturated heterocycles. The Labute approximate surface area is 197 Å². The Morgan fingerprint density at radius 3 is 2.52 bits per heavy atom. The lowest BCUT2D eigenvalue weighted by Crippen LogP contribution is -2.40. The van der Waals surface area contributed by atoms with Crippen molar-refractivity contribution < 1.29 is 32.2 Å². The van der Waals surface area contributed by atoms with Crippen molar-refractivity contribution in [2.75, 3.05) is 38.7 Å². The number of aryl methyl sites for hydroxylation is 1. The lowest BCUT2D eigenvalue weighted by atomic mass is 10.1. The fourth-order valence-corrected chi connectivity index (χ4v) is 5.06. The lowest BCUT2D eigenvalue weighted by Gasteiger charge is -2.26. The van der Waals surface area contributed by atoms with Gasteiger partial charge in [-0.2, -0.15) is 4.31 Å². The molecule has 0 spiro atoms. The van der Waals surface area contributed by atoms with Gasteiger partial charge in [-0.25, -0.2) is 13.2 Å². The number of morpholine rings is 1. The Bertz CT molecular complexity index is 1150. The summed E-state index contributed by atoms with van der Waals surface area (Å²) in [5.74, 6) is -1.03. The number of hydrogen-bond donors (Lipinski definition) is 1. The molecule has 2 aromatic carbocycles. The highest BCUT2D eigenvalue weighted by molar-refractivity contribution is 7.89. The van der Waals surface area contributed by atoms with Crippen molar-refractivity contribution in [3.63, 3.8) is 0 Å². The highest BCUT2D eigenvalue weighted by atomic mass is 35.5. The van der Waals surface area contributed by atoms with Crippen LogP contribution in [0.4, 0.5) is 5.69 Å². The number of nitrogens with one attached hydrogen (secondary N) is 1. The summed E-state index contributed by atoms with van der Waals surface area (Å²) in [6.07, 6.45) is -1.17. The van der Waals surface area contributed by atoms with E-state index in [4.69, 9.17) is 25.8 Å². The predicted octanol–water partition coefficient (Wildman–Crippen LogP) is 2.86. The van der Waals surface area contributed by atoms with E-state index in [-0.39, 0.29) is 23.5 Å². The van der Waals surface area contributed by atoms with Crippen LogP contribution >= 0.6 is 11.6 Å². The summed E-state index contributed by atoms with van der Waals surface area (Å²) in [5.41, 5.74) is 0.844. The molecule has 0 saturated carbocycles. The second-order valence-electron chi connectivity index (χ2n) is 7.38. The Hall–Kier alpha value is -2.66. The Morgan fingerprint density at radius 2 is 1.85 bits per heavy atom. The number of hydrogen-bond acceptors (Lipinski definition) is 7. The zero-order valence-electron chi connectivity index (χ0n) is 18.5. The van der Waals surface area contributed by atoms with Crippen molar-refractivity contribution in [2.24, 2.45) is 0 Å². The molecule has 0 aliphatic carbocycles. The molecule has 1 amide bonds. The largest absolute Gasteiger partial charge is 0.495 e. The second-order valence-corrected chi connectivity index (χ2v) is 9.72. The van der Waals surface area contributed by atoms with Crippen LogP contribution in [-0.4, -0.2) is 64.1 Å². The van der Waals surface area contributed by atoms with Crippen molar-refractivity contribution in [2.45, 2.75) is 24.8 Å². The molecule has 178 valence electrons. The first-order valence-corrected chi connectivity index (χ1v) is 12.0. The number of nitrogens with zero attached hydrogens (tertiary/aromatic N) is 1. The van der Waals surface area contributed by atoms with E-state index in [2.05, 4.69) is 5.32 Å². The Morgan fingerprint density at radius 1 is 1.15 bits per heavy atom. The number of amides is 1. The summed E-state index contributed by atoms with van der Waals surface area (Å²) in [4.78, 5) is 25.2. The van der Waals surface area contributed by atoms with Crippen LogP contribution in [0.15, 0.2) is 41.3 Å². The number of carbonyl (C=O) groups is 2. The number of benzene rings is 2. The van der Waals surface area contributed by atoms with Crippen molar-refractivity contribution >= 4 is 39.2 Å². The van der Waals surface area contributed by atoms with Gasteiger partial charge in [0.25, 0.3) is 5.91 Å². The van der Waals surface area contributed by atoms with Crippen LogP contribution in [-0.2, 0) is 24.3 Å². The second kappa shape index (κ2) is 10.5. The van der Waals surface area contributed by atoms with E-state index >= 15 is 0 Å². The summed E-state index contributed by atoms with van der Waals surface area (Å²) < 4.78 is 43.1. The molecule has 11 heteroatoms. The summed E-state index contributed by atoms with van der Waals surface area (Å²) >= 11 is 5.97. The first-order valence-electron chi connectivity index (χ1n) is 10.2. The van der Waals surface area contributed by atoms with Gasteiger partial charge < -0.3 is 19.5 Å². The third-order valence-electron chi connectivity index (χ3n) is 5.08. The monoisotopic (exact) mass is 496 g/mol. The minimum atomic E-state index is -3.81. The molecular formula is C22H25ClN2O7S. The quantitative estimate of drug-likeness (QED) is 0.586. The zero-order valence-corrected chi connectivity index (χ0v) is 20.0. The maximum Gasteiger partial charge on any atom is 0.338 e. The number of halogens is 1. The third kappa shape index (κ3) is 5.83. The minimum Gasteiger partial charge on any atom is -0.495 e. The molecule has 2 aromatic rings. The molecule has 0 bridgehead atoms. The maximum absolute atomic E-state index is 13.0. The zero-order chi connectivity index (χ0) is 24.2. The molecule has 0 radical (unpaired) electrons. The van der Waals surface area contributed by atoms with Gasteiger partial charge in [-0.05, 0) is 49.7 Å². The molecule has 1 heterocycles. The summed E-state index contributed by atoms with van der Waals surface area (Å²) in [6, 6.07) is 8.98. The molecule has 1 atom stereocenters. The molecule has 1 fully saturated rings. The number of esters is 1. The van der Waals surface area contributed by atoms with E-state index in [1.54, 1.807) is 19.1 Å². The standard InChI is InChI=1S/C22H25ClN2O7S/c1-14-4-5-16(12-20(14)33(28,29)25-8-10-31-11-9-25)22(27)32-15(2)21(26)24-18-13-17(23)6-7-19(18)30-3/h4-7,12-13,15H,8-11H2,1-3H3,(H,24,26). The molecule has 3 rings (SSSR count). The SMILES string of the molecule is COc1ccc(Cl)cc1NC(=O)C(C)OC(=O)c1ccc(C)c(S(=O)(=O)N2CCOCC2)c1. The van der Waals surface area contributed by atoms with Gasteiger partial charge in [0.15, 0.2) is 6.10 Å². The van der Waals surface area contributed by atoms with Crippen LogP contribution in [0.5, 0.6) is 5.75 Å². The highest BCUT2D eigenvalue weighted by Gasteiger charge is 2.29. The smallest absolute Gasteiger partial charge is 0.338 e. The van der Waals surface area contributed by atoms with E-state index in [1.165, 1.54) is 42.6 Å². The van der Waals surface area contributed by atoms with Crippen LogP contribution in [0.1, 0.15) is 22.8 Å². The van der Waals surface area contributed by atoms with Crippen LogP contribution in [0.2, 0.25) is 5.02 Å². The topological polar surface area (TPSA) is 111 Å². The Balaban J connectivity index is 1.74. The van der Waals surface area contributed by atoms with Gasteiger partial charge in [0.2, 0.25) is 10.0 Å². The number of carbonyl (C=O) groups excluding carboxylic acids is 2. The number of methoxy groups -OCH3 is 1. The number of sulfonamides is 1. The maximum atomic E-state index is 13.0. The summed E-state index contributed by atoms with van der Waals surface area (Å²) in [6.45, 7) is 4.15. The van der Waals surface area contributed by atoms with E-state index < -0.39 is 28.0 Å². The van der Waals surface area contributed by atoms with Gasteiger partial charge in [-0.3, -0.25) is 4.79 Å². The molecule has 1 aliphatic rings. The van der Waals surface area contributed by atoms with Gasteiger partial charge in [-0.1, -0.05) is 17.7 Å². The Kier molecular flexibility index (Phi) is 7.96. The van der Waals surface area contributed by atoms with Crippen LogP contribution in [0.25, 0.3) is 0 Å². The number of rotatable bonds is 7. The van der Waals surface area contributed by atoms with Gasteiger partial charge in [-0.15, -0.1) is 0 Å². The molecule has 1 aliphatic heterocycles. The molecule has 1 N–H and O–H groups in total. The van der Waals surface area contributed by atoms with E-state index in [1.807, 2.05) is 0 Å². The van der Waals surface area contributed by atoms with Crippen molar-refractivity contribution in [3.05, 3.63) is 52.5 Å². The average molecular weight is 497 g/mol. The molecule has 9 nitrogen and oxygen atoms in total. The predicted molar refractivity (Wildman–Crippen MR) is 122 cm³/mol. The summed E-state index contributed by atoms with van der Waals surface area (Å²) in [7, 11) is -2.36.